The van der Waals surface area contributed by atoms with Gasteiger partial charge in [-0.15, -0.1) is 0 Å². The lowest BCUT2D eigenvalue weighted by molar-refractivity contribution is -0.139. The SMILES string of the molecule is CCOC(=O)C1=C(C)N=c2s/c(=C/c3cc(Cl)c(OCc4cccc(C(=O)O)c4)c(OC)c3)c(=O)n2[C@H]1c1cc(OC)c(OC)c(OC)c1. The zero-order chi connectivity index (χ0) is 35.4. The van der Waals surface area contributed by atoms with Crippen LogP contribution in [-0.4, -0.2) is 56.7 Å². The van der Waals surface area contributed by atoms with Crippen LogP contribution < -0.4 is 38.6 Å². The van der Waals surface area contributed by atoms with Crippen LogP contribution in [0.5, 0.6) is 28.7 Å². The summed E-state index contributed by atoms with van der Waals surface area (Å²) in [7, 11) is 5.90. The van der Waals surface area contributed by atoms with Crippen LogP contribution in [0.1, 0.15) is 46.9 Å². The van der Waals surface area contributed by atoms with Gasteiger partial charge >= 0.3 is 11.9 Å². The molecular weight excluding hydrogens is 676 g/mol. The summed E-state index contributed by atoms with van der Waals surface area (Å²) in [5, 5.41) is 9.51. The molecule has 1 aliphatic heterocycles. The molecule has 3 aromatic carbocycles. The zero-order valence-electron chi connectivity index (χ0n) is 27.5. The molecule has 14 heteroatoms. The number of hydrogen-bond donors (Lipinski definition) is 1. The van der Waals surface area contributed by atoms with Gasteiger partial charge in [0.25, 0.3) is 5.56 Å². The molecule has 0 fully saturated rings. The number of carbonyl (C=O) groups is 2. The first kappa shape index (κ1) is 35.0. The van der Waals surface area contributed by atoms with Crippen LogP contribution in [0, 0.1) is 0 Å². The predicted octanol–water partition coefficient (Wildman–Crippen LogP) is 4.76. The van der Waals surface area contributed by atoms with Crippen molar-refractivity contribution in [2.45, 2.75) is 26.5 Å². The Morgan fingerprint density at radius 2 is 1.65 bits per heavy atom. The number of hydrogen-bond acceptors (Lipinski definition) is 11. The molecular formula is C35H33ClN2O10S. The first-order valence-corrected chi connectivity index (χ1v) is 16.1. The summed E-state index contributed by atoms with van der Waals surface area (Å²) in [4.78, 5) is 43.9. The van der Waals surface area contributed by atoms with E-state index < -0.39 is 23.5 Å². The molecule has 0 saturated heterocycles. The van der Waals surface area contributed by atoms with E-state index >= 15 is 0 Å². The van der Waals surface area contributed by atoms with E-state index in [0.717, 1.165) is 11.3 Å². The molecule has 0 unspecified atom stereocenters. The van der Waals surface area contributed by atoms with Gasteiger partial charge < -0.3 is 33.5 Å². The van der Waals surface area contributed by atoms with Gasteiger partial charge in [-0.25, -0.2) is 14.6 Å². The van der Waals surface area contributed by atoms with E-state index in [1.807, 2.05) is 0 Å². The van der Waals surface area contributed by atoms with Crippen LogP contribution in [0.3, 0.4) is 0 Å². The number of aromatic carboxylic acids is 1. The minimum Gasteiger partial charge on any atom is -0.493 e. The van der Waals surface area contributed by atoms with E-state index in [0.29, 0.717) is 54.7 Å². The van der Waals surface area contributed by atoms with Crippen LogP contribution in [0.15, 0.2) is 69.6 Å². The van der Waals surface area contributed by atoms with Gasteiger partial charge in [-0.3, -0.25) is 9.36 Å². The first-order chi connectivity index (χ1) is 23.5. The van der Waals surface area contributed by atoms with E-state index in [2.05, 4.69) is 4.99 Å². The third-order valence-electron chi connectivity index (χ3n) is 7.63. The second-order valence-corrected chi connectivity index (χ2v) is 12.0. The van der Waals surface area contributed by atoms with Crippen molar-refractivity contribution in [1.29, 1.82) is 0 Å². The van der Waals surface area contributed by atoms with Crippen LogP contribution in [-0.2, 0) is 16.1 Å². The van der Waals surface area contributed by atoms with Crippen molar-refractivity contribution in [1.82, 2.24) is 4.57 Å². The highest BCUT2D eigenvalue weighted by Crippen LogP contribution is 2.42. The van der Waals surface area contributed by atoms with Crippen molar-refractivity contribution in [3.8, 4) is 28.7 Å². The van der Waals surface area contributed by atoms with Gasteiger partial charge in [-0.1, -0.05) is 35.1 Å². The number of methoxy groups -OCH3 is 4. The molecule has 2 heterocycles. The molecule has 0 radical (unpaired) electrons. The number of benzene rings is 3. The van der Waals surface area contributed by atoms with Crippen molar-refractivity contribution in [2.75, 3.05) is 35.0 Å². The average Bonchev–Trinajstić information content (AvgIpc) is 3.39. The van der Waals surface area contributed by atoms with Gasteiger partial charge in [-0.2, -0.15) is 0 Å². The van der Waals surface area contributed by atoms with E-state index in [1.54, 1.807) is 56.3 Å². The highest BCUT2D eigenvalue weighted by Gasteiger charge is 2.34. The van der Waals surface area contributed by atoms with Gasteiger partial charge in [0.05, 0.1) is 67.5 Å². The number of thiazole rings is 1. The summed E-state index contributed by atoms with van der Waals surface area (Å²) < 4.78 is 35.3. The van der Waals surface area contributed by atoms with Gasteiger partial charge in [-0.05, 0) is 73.0 Å². The number of rotatable bonds is 12. The number of allylic oxidation sites excluding steroid dienone is 1. The summed E-state index contributed by atoms with van der Waals surface area (Å²) in [5.41, 5.74) is 1.99. The Labute approximate surface area is 290 Å². The third kappa shape index (κ3) is 6.99. The number of ether oxygens (including phenoxy) is 6. The molecule has 1 atom stereocenters. The molecule has 1 aromatic heterocycles. The van der Waals surface area contributed by atoms with Crippen molar-refractivity contribution in [3.63, 3.8) is 0 Å². The van der Waals surface area contributed by atoms with E-state index in [9.17, 15) is 19.5 Å². The van der Waals surface area contributed by atoms with Crippen molar-refractivity contribution >= 4 is 41.0 Å². The Bertz CT molecular complexity index is 2130. The quantitative estimate of drug-likeness (QED) is 0.205. The van der Waals surface area contributed by atoms with Crippen molar-refractivity contribution < 1.29 is 43.1 Å². The monoisotopic (exact) mass is 708 g/mol. The van der Waals surface area contributed by atoms with Gasteiger partial charge in [0, 0.05) is 0 Å². The molecule has 4 aromatic rings. The second kappa shape index (κ2) is 14.9. The lowest BCUT2D eigenvalue weighted by Crippen LogP contribution is -2.40. The highest BCUT2D eigenvalue weighted by molar-refractivity contribution is 7.07. The molecule has 0 amide bonds. The normalized spacial score (nSPS) is 14.1. The van der Waals surface area contributed by atoms with Crippen molar-refractivity contribution in [3.05, 3.63) is 107 Å². The summed E-state index contributed by atoms with van der Waals surface area (Å²) in [5.74, 6) is -0.0671. The smallest absolute Gasteiger partial charge is 0.338 e. The summed E-state index contributed by atoms with van der Waals surface area (Å²) in [6.07, 6.45) is 1.65. The summed E-state index contributed by atoms with van der Waals surface area (Å²) in [6, 6.07) is 12.1. The maximum atomic E-state index is 14.2. The Hall–Kier alpha value is -5.27. The largest absolute Gasteiger partial charge is 0.493 e. The molecule has 12 nitrogen and oxygen atoms in total. The molecule has 1 aliphatic rings. The number of esters is 1. The van der Waals surface area contributed by atoms with Crippen LogP contribution >= 0.6 is 22.9 Å². The van der Waals surface area contributed by atoms with Gasteiger partial charge in [0.15, 0.2) is 27.8 Å². The van der Waals surface area contributed by atoms with Crippen LogP contribution in [0.4, 0.5) is 0 Å². The Morgan fingerprint density at radius 1 is 0.980 bits per heavy atom. The van der Waals surface area contributed by atoms with Crippen LogP contribution in [0.25, 0.3) is 6.08 Å². The van der Waals surface area contributed by atoms with E-state index in [4.69, 9.17) is 40.0 Å². The number of carboxylic acid groups (broad SMARTS) is 1. The fourth-order valence-electron chi connectivity index (χ4n) is 5.43. The highest BCUT2D eigenvalue weighted by atomic mass is 35.5. The minimum absolute atomic E-state index is 0.0399. The zero-order valence-corrected chi connectivity index (χ0v) is 29.1. The number of carboxylic acids is 1. The fraction of sp³-hybridized carbons (Fsp3) is 0.257. The molecule has 0 bridgehead atoms. The maximum Gasteiger partial charge on any atom is 0.338 e. The number of aromatic nitrogens is 1. The standard InChI is InChI=1S/C35H33ClN2O10S/c1-7-47-34(42)28-18(2)37-35-38(29(28)22-15-25(44-4)31(46-6)26(16-22)45-5)32(39)27(49-35)14-20-12-23(36)30(24(13-20)43-3)48-17-19-9-8-10-21(11-19)33(40)41/h8-16,29H,7,17H2,1-6H3,(H,40,41)/b27-14+/t29-/m0/s1. The molecule has 256 valence electrons. The molecule has 0 spiro atoms. The van der Waals surface area contributed by atoms with E-state index in [-0.39, 0.29) is 35.1 Å². The molecule has 0 saturated carbocycles. The molecule has 5 rings (SSSR count). The average molecular weight is 709 g/mol. The summed E-state index contributed by atoms with van der Waals surface area (Å²) in [6.45, 7) is 3.55. The maximum absolute atomic E-state index is 14.2. The molecule has 49 heavy (non-hydrogen) atoms. The summed E-state index contributed by atoms with van der Waals surface area (Å²) >= 11 is 7.79. The second-order valence-electron chi connectivity index (χ2n) is 10.6. The van der Waals surface area contributed by atoms with Gasteiger partial charge in [0.2, 0.25) is 5.75 Å². The Morgan fingerprint density at radius 3 is 2.27 bits per heavy atom. The predicted molar refractivity (Wildman–Crippen MR) is 182 cm³/mol. The lowest BCUT2D eigenvalue weighted by Gasteiger charge is -2.26. The topological polar surface area (TPSA) is 144 Å². The molecule has 1 N–H and O–H groups in total. The minimum atomic E-state index is -1.05. The van der Waals surface area contributed by atoms with Gasteiger partial charge in [0.1, 0.15) is 6.61 Å². The lowest BCUT2D eigenvalue weighted by atomic mass is 9.95. The number of fused-ring (bicyclic) bond motifs is 1. The number of nitrogens with zero attached hydrogens (tertiary/aromatic N) is 2. The Kier molecular flexibility index (Phi) is 10.6. The number of halogens is 1. The molecule has 0 aliphatic carbocycles. The Balaban J connectivity index is 1.61. The first-order valence-electron chi connectivity index (χ1n) is 14.9. The van der Waals surface area contributed by atoms with Crippen molar-refractivity contribution in [2.24, 2.45) is 4.99 Å². The third-order valence-corrected chi connectivity index (χ3v) is 8.89. The number of carbonyl (C=O) groups excluding carboxylic acids is 1. The van der Waals surface area contributed by atoms with Crippen LogP contribution in [0.2, 0.25) is 5.02 Å². The fourth-order valence-corrected chi connectivity index (χ4v) is 6.75. The van der Waals surface area contributed by atoms with E-state index in [1.165, 1.54) is 45.1 Å².